The topological polar surface area (TPSA) is 137 Å². The van der Waals surface area contributed by atoms with Crippen molar-refractivity contribution in [2.75, 3.05) is 5.73 Å². The number of ketones is 1. The van der Waals surface area contributed by atoms with E-state index in [1.54, 1.807) is 18.5 Å². The summed E-state index contributed by atoms with van der Waals surface area (Å²) >= 11 is 0. The number of anilines is 1. The predicted molar refractivity (Wildman–Crippen MR) is 123 cm³/mol. The van der Waals surface area contributed by atoms with Crippen molar-refractivity contribution in [3.63, 3.8) is 0 Å². The summed E-state index contributed by atoms with van der Waals surface area (Å²) in [6.45, 7) is 0. The van der Waals surface area contributed by atoms with Gasteiger partial charge in [0.2, 0.25) is 0 Å². The van der Waals surface area contributed by atoms with Gasteiger partial charge in [0, 0.05) is 24.9 Å². The summed E-state index contributed by atoms with van der Waals surface area (Å²) in [6, 6.07) is 4.71. The Hall–Kier alpha value is -3.34. The highest BCUT2D eigenvalue weighted by molar-refractivity contribution is 6.00. The smallest absolute Gasteiger partial charge is 0.187 e. The number of nitrogens with zero attached hydrogens (tertiary/aromatic N) is 3. The second-order valence-corrected chi connectivity index (χ2v) is 9.11. The summed E-state index contributed by atoms with van der Waals surface area (Å²) in [5.74, 6) is -2.43. The van der Waals surface area contributed by atoms with Gasteiger partial charge in [0.15, 0.2) is 11.6 Å². The van der Waals surface area contributed by atoms with Crippen molar-refractivity contribution in [3.05, 3.63) is 71.3 Å². The number of aromatic nitrogens is 3. The van der Waals surface area contributed by atoms with Crippen molar-refractivity contribution in [1.29, 1.82) is 0 Å². The zero-order chi connectivity index (χ0) is 24.7. The minimum Gasteiger partial charge on any atom is -0.396 e. The van der Waals surface area contributed by atoms with Gasteiger partial charge in [-0.3, -0.25) is 9.78 Å². The van der Waals surface area contributed by atoms with Crippen LogP contribution in [0.25, 0.3) is 11.4 Å². The van der Waals surface area contributed by atoms with Crippen LogP contribution in [0.15, 0.2) is 42.9 Å². The number of carbonyl (C=O) groups excluding carboxylic acids is 1. The number of hydrogen-bond donors (Lipinski definition) is 3. The molecule has 10 heteroatoms. The maximum atomic E-state index is 14.2. The highest BCUT2D eigenvalue weighted by Gasteiger charge is 2.51. The van der Waals surface area contributed by atoms with E-state index in [-0.39, 0.29) is 29.7 Å². The van der Waals surface area contributed by atoms with Crippen LogP contribution in [0.3, 0.4) is 0 Å². The highest BCUT2D eigenvalue weighted by Crippen LogP contribution is 2.45. The molecular formula is C25H25F2N5O3. The number of nitrogen functional groups attached to an aromatic ring is 1. The van der Waals surface area contributed by atoms with E-state index in [0.29, 0.717) is 24.8 Å². The fourth-order valence-corrected chi connectivity index (χ4v) is 5.08. The molecule has 0 bridgehead atoms. The second kappa shape index (κ2) is 9.03. The lowest BCUT2D eigenvalue weighted by atomic mass is 9.82. The third-order valence-electron chi connectivity index (χ3n) is 6.95. The molecule has 5 N–H and O–H groups in total. The van der Waals surface area contributed by atoms with Crippen molar-refractivity contribution in [2.45, 2.75) is 56.0 Å². The number of Topliss-reactive ketones (excluding diaryl/α,β-unsaturated/α-hetero) is 1. The van der Waals surface area contributed by atoms with Crippen molar-refractivity contribution in [2.24, 2.45) is 5.73 Å². The zero-order valence-electron chi connectivity index (χ0n) is 18.8. The first kappa shape index (κ1) is 23.4. The summed E-state index contributed by atoms with van der Waals surface area (Å²) in [5.41, 5.74) is 12.0. The molecule has 5 rings (SSSR count). The SMILES string of the molecule is Nc1cnc(-c2c(F)cccc2F)nc1C(=O)Cc1cnccc1[C@H]1C[C@@H](N)[C@@]2(O)CCC[C@H]2O1. The molecule has 0 radical (unpaired) electrons. The Balaban J connectivity index is 1.43. The Morgan fingerprint density at radius 3 is 2.77 bits per heavy atom. The molecule has 0 unspecified atom stereocenters. The van der Waals surface area contributed by atoms with Crippen LogP contribution in [0.5, 0.6) is 0 Å². The first-order valence-corrected chi connectivity index (χ1v) is 11.4. The monoisotopic (exact) mass is 481 g/mol. The number of carbonyl (C=O) groups is 1. The number of ether oxygens (including phenoxy) is 1. The largest absolute Gasteiger partial charge is 0.396 e. The van der Waals surface area contributed by atoms with Gasteiger partial charge in [0.25, 0.3) is 0 Å². The van der Waals surface area contributed by atoms with Crippen LogP contribution in [-0.2, 0) is 11.2 Å². The summed E-state index contributed by atoms with van der Waals surface area (Å²) in [7, 11) is 0. The van der Waals surface area contributed by atoms with Gasteiger partial charge in [-0.25, -0.2) is 18.7 Å². The molecular weight excluding hydrogens is 456 g/mol. The predicted octanol–water partition coefficient (Wildman–Crippen LogP) is 2.90. The molecule has 182 valence electrons. The normalized spacial score (nSPS) is 25.9. The first-order valence-electron chi connectivity index (χ1n) is 11.4. The molecule has 1 saturated heterocycles. The van der Waals surface area contributed by atoms with Gasteiger partial charge in [-0.2, -0.15) is 0 Å². The molecule has 1 aliphatic heterocycles. The van der Waals surface area contributed by atoms with Crippen LogP contribution < -0.4 is 11.5 Å². The van der Waals surface area contributed by atoms with Gasteiger partial charge >= 0.3 is 0 Å². The fourth-order valence-electron chi connectivity index (χ4n) is 5.08. The summed E-state index contributed by atoms with van der Waals surface area (Å²) in [6.07, 6.45) is 5.97. The van der Waals surface area contributed by atoms with Crippen LogP contribution in [0, 0.1) is 11.6 Å². The van der Waals surface area contributed by atoms with Crippen molar-refractivity contribution >= 4 is 11.5 Å². The van der Waals surface area contributed by atoms with Gasteiger partial charge in [-0.05, 0) is 55.0 Å². The molecule has 2 aliphatic rings. The summed E-state index contributed by atoms with van der Waals surface area (Å²) < 4.78 is 34.7. The summed E-state index contributed by atoms with van der Waals surface area (Å²) in [4.78, 5) is 25.4. The number of fused-ring (bicyclic) bond motifs is 1. The number of halogens is 2. The maximum Gasteiger partial charge on any atom is 0.187 e. The number of aliphatic hydroxyl groups is 1. The number of nitrogens with two attached hydrogens (primary N) is 2. The van der Waals surface area contributed by atoms with Gasteiger partial charge in [-0.1, -0.05) is 6.07 Å². The Kier molecular flexibility index (Phi) is 6.04. The summed E-state index contributed by atoms with van der Waals surface area (Å²) in [5, 5.41) is 10.9. The maximum absolute atomic E-state index is 14.2. The lowest BCUT2D eigenvalue weighted by Crippen LogP contribution is -2.58. The van der Waals surface area contributed by atoms with Gasteiger partial charge < -0.3 is 21.3 Å². The minimum atomic E-state index is -1.03. The molecule has 1 aromatic carbocycles. The Morgan fingerprint density at radius 1 is 1.23 bits per heavy atom. The quantitative estimate of drug-likeness (QED) is 0.473. The zero-order valence-corrected chi connectivity index (χ0v) is 18.8. The van der Waals surface area contributed by atoms with E-state index < -0.39 is 40.7 Å². The third kappa shape index (κ3) is 4.18. The molecule has 1 saturated carbocycles. The highest BCUT2D eigenvalue weighted by atomic mass is 19.1. The van der Waals surface area contributed by atoms with E-state index in [2.05, 4.69) is 15.0 Å². The van der Waals surface area contributed by atoms with Crippen LogP contribution >= 0.6 is 0 Å². The molecule has 4 atom stereocenters. The van der Waals surface area contributed by atoms with E-state index >= 15 is 0 Å². The minimum absolute atomic E-state index is 0.00658. The molecule has 2 fully saturated rings. The van der Waals surface area contributed by atoms with Gasteiger partial charge in [-0.15, -0.1) is 0 Å². The molecule has 3 aromatic rings. The van der Waals surface area contributed by atoms with Crippen LogP contribution in [0.2, 0.25) is 0 Å². The Bertz CT molecular complexity index is 1270. The van der Waals surface area contributed by atoms with E-state index in [1.165, 1.54) is 6.07 Å². The van der Waals surface area contributed by atoms with Crippen molar-refractivity contribution in [1.82, 2.24) is 15.0 Å². The van der Waals surface area contributed by atoms with Crippen LogP contribution in [-0.4, -0.2) is 43.6 Å². The molecule has 1 aliphatic carbocycles. The standard InChI is InChI=1S/C25H25F2N5O3/c26-15-3-1-4-16(27)22(15)24-31-12-17(28)23(32-24)18(33)9-13-11-30-8-6-14(13)19-10-20(29)25(34)7-2-5-21(25)35-19/h1,3-4,6,8,11-12,19-21,34H,2,5,7,9-10,28-29H2/t19-,20-,21-,25+/m1/s1. The molecule has 2 aromatic heterocycles. The molecule has 8 nitrogen and oxygen atoms in total. The van der Waals surface area contributed by atoms with Gasteiger partial charge in [0.1, 0.15) is 22.9 Å². The van der Waals surface area contributed by atoms with E-state index in [1.807, 2.05) is 0 Å². The number of pyridine rings is 1. The number of hydrogen-bond acceptors (Lipinski definition) is 8. The Morgan fingerprint density at radius 2 is 2.00 bits per heavy atom. The third-order valence-corrected chi connectivity index (χ3v) is 6.95. The van der Waals surface area contributed by atoms with Crippen molar-refractivity contribution < 1.29 is 23.4 Å². The second-order valence-electron chi connectivity index (χ2n) is 9.11. The molecule has 35 heavy (non-hydrogen) atoms. The fraction of sp³-hybridized carbons (Fsp3) is 0.360. The van der Waals surface area contributed by atoms with E-state index in [9.17, 15) is 18.7 Å². The van der Waals surface area contributed by atoms with Crippen LogP contribution in [0.1, 0.15) is 53.4 Å². The molecule has 0 spiro atoms. The average molecular weight is 482 g/mol. The number of benzene rings is 1. The number of rotatable bonds is 5. The van der Waals surface area contributed by atoms with Crippen LogP contribution in [0.4, 0.5) is 14.5 Å². The molecule has 3 heterocycles. The Labute approximate surface area is 200 Å². The average Bonchev–Trinajstić information content (AvgIpc) is 3.22. The lowest BCUT2D eigenvalue weighted by molar-refractivity contribution is -0.171. The molecule has 0 amide bonds. The van der Waals surface area contributed by atoms with E-state index in [4.69, 9.17) is 16.2 Å². The first-order chi connectivity index (χ1) is 16.8. The van der Waals surface area contributed by atoms with Gasteiger partial charge in [0.05, 0.1) is 29.7 Å². The van der Waals surface area contributed by atoms with E-state index in [0.717, 1.165) is 30.3 Å². The van der Waals surface area contributed by atoms with Crippen molar-refractivity contribution in [3.8, 4) is 11.4 Å². The lowest BCUT2D eigenvalue weighted by Gasteiger charge is -2.44.